The van der Waals surface area contributed by atoms with Gasteiger partial charge in [-0.05, 0) is 76.0 Å². The highest BCUT2D eigenvalue weighted by Gasteiger charge is 2.66. The Morgan fingerprint density at radius 3 is 2.24 bits per heavy atom. The number of sulfonamides is 1. The Hall–Kier alpha value is -5.59. The molecule has 0 spiro atoms. The lowest BCUT2D eigenvalue weighted by Gasteiger charge is -2.53. The fourth-order valence-corrected chi connectivity index (χ4v) is 8.76. The topological polar surface area (TPSA) is 280 Å². The number of carbonyl (C=O) groups is 3. The van der Waals surface area contributed by atoms with Crippen LogP contribution in [-0.4, -0.2) is 92.0 Å². The zero-order chi connectivity index (χ0) is 39.7. The molecule has 16 nitrogen and oxygen atoms in total. The van der Waals surface area contributed by atoms with Crippen LogP contribution in [0.2, 0.25) is 5.02 Å². The molecule has 282 valence electrons. The van der Waals surface area contributed by atoms with Crippen LogP contribution in [-0.2, 0) is 30.0 Å². The minimum absolute atomic E-state index is 0.0187. The monoisotopic (exact) mass is 778 g/mol. The van der Waals surface area contributed by atoms with Crippen molar-refractivity contribution in [2.45, 2.75) is 35.5 Å². The minimum Gasteiger partial charge on any atom is -0.508 e. The maximum Gasteiger partial charge on any atom is 0.263 e. The van der Waals surface area contributed by atoms with Crippen molar-refractivity contribution in [2.75, 3.05) is 24.6 Å². The third-order valence-electron chi connectivity index (χ3n) is 9.95. The van der Waals surface area contributed by atoms with Crippen molar-refractivity contribution in [3.05, 3.63) is 99.9 Å². The zero-order valence-electron chi connectivity index (χ0n) is 28.8. The Labute approximate surface area is 313 Å². The van der Waals surface area contributed by atoms with E-state index in [1.54, 1.807) is 12.1 Å². The number of aromatic hydroxyl groups is 1. The first-order chi connectivity index (χ1) is 25.2. The van der Waals surface area contributed by atoms with Gasteiger partial charge in [0.05, 0.1) is 39.3 Å². The molecule has 0 aliphatic heterocycles. The van der Waals surface area contributed by atoms with Crippen molar-refractivity contribution in [1.82, 2.24) is 14.9 Å². The average molecular weight is 779 g/mol. The maximum absolute atomic E-state index is 13.7. The summed E-state index contributed by atoms with van der Waals surface area (Å²) in [5.74, 6) is -8.13. The summed E-state index contributed by atoms with van der Waals surface area (Å²) in [6, 6.07) is 14.4. The molecule has 1 fully saturated rings. The van der Waals surface area contributed by atoms with Crippen molar-refractivity contribution in [3.8, 4) is 5.75 Å². The number of anilines is 2. The van der Waals surface area contributed by atoms with Gasteiger partial charge in [-0.25, -0.2) is 13.4 Å². The number of amides is 1. The van der Waals surface area contributed by atoms with E-state index in [9.17, 15) is 48.3 Å². The number of phenols is 1. The molecule has 0 saturated heterocycles. The number of para-hydroxylation sites is 2. The SMILES string of the molecule is CN(C)[C@@H]1C(=O)C(C(N)=O)=C(O)[C@@]2(O)C(=O)C3=C(O)c4c(O)ccc(Cl)c4[C@@](C)(O)[C@H]3C[C@@H]12.Nc1ccc(S(=O)(=O)Nc2cnc3ccccc3n2)cc1. The molecule has 3 aliphatic rings. The summed E-state index contributed by atoms with van der Waals surface area (Å²) in [6.07, 6.45) is 1.13. The van der Waals surface area contributed by atoms with E-state index in [1.165, 1.54) is 68.5 Å². The molecule has 54 heavy (non-hydrogen) atoms. The number of hydrogen-bond donors (Lipinski definition) is 8. The van der Waals surface area contributed by atoms with Crippen molar-refractivity contribution in [2.24, 2.45) is 17.6 Å². The van der Waals surface area contributed by atoms with Gasteiger partial charge in [-0.2, -0.15) is 0 Å². The molecule has 1 saturated carbocycles. The average Bonchev–Trinajstić information content (AvgIpc) is 3.09. The van der Waals surface area contributed by atoms with Gasteiger partial charge in [-0.15, -0.1) is 0 Å². The van der Waals surface area contributed by atoms with Gasteiger partial charge in [0.15, 0.2) is 17.2 Å². The number of aliphatic hydroxyl groups excluding tert-OH is 2. The van der Waals surface area contributed by atoms with Gasteiger partial charge in [0.25, 0.3) is 15.9 Å². The van der Waals surface area contributed by atoms with Gasteiger partial charge in [-0.1, -0.05) is 23.7 Å². The Balaban J connectivity index is 0.000000203. The Bertz CT molecular complexity index is 2430. The van der Waals surface area contributed by atoms with Gasteiger partial charge in [-0.3, -0.25) is 29.0 Å². The number of fused-ring (bicyclic) bond motifs is 4. The predicted octanol–water partition coefficient (Wildman–Crippen LogP) is 2.30. The largest absolute Gasteiger partial charge is 0.508 e. The maximum atomic E-state index is 13.7. The summed E-state index contributed by atoms with van der Waals surface area (Å²) < 4.78 is 26.9. The van der Waals surface area contributed by atoms with E-state index in [4.69, 9.17) is 23.1 Å². The molecule has 3 aliphatic carbocycles. The first-order valence-corrected chi connectivity index (χ1v) is 18.1. The Morgan fingerprint density at radius 1 is 1.00 bits per heavy atom. The van der Waals surface area contributed by atoms with Gasteiger partial charge >= 0.3 is 0 Å². The van der Waals surface area contributed by atoms with Crippen LogP contribution in [0.4, 0.5) is 11.5 Å². The number of nitrogen functional groups attached to an aromatic ring is 1. The second kappa shape index (κ2) is 13.4. The number of primary amides is 1. The van der Waals surface area contributed by atoms with E-state index in [2.05, 4.69) is 14.7 Å². The van der Waals surface area contributed by atoms with E-state index in [0.717, 1.165) is 0 Å². The van der Waals surface area contributed by atoms with E-state index in [0.29, 0.717) is 16.7 Å². The first-order valence-electron chi connectivity index (χ1n) is 16.2. The molecule has 7 rings (SSSR count). The number of rotatable bonds is 5. The number of nitrogens with zero attached hydrogens (tertiary/aromatic N) is 3. The lowest BCUT2D eigenvalue weighted by molar-refractivity contribution is -0.159. The number of nitrogens with two attached hydrogens (primary N) is 2. The summed E-state index contributed by atoms with van der Waals surface area (Å²) in [6.45, 7) is 1.34. The molecule has 5 atom stereocenters. The number of benzene rings is 3. The number of aliphatic hydroxyl groups is 4. The van der Waals surface area contributed by atoms with Crippen LogP contribution < -0.4 is 16.2 Å². The van der Waals surface area contributed by atoms with Crippen LogP contribution in [0.1, 0.15) is 24.5 Å². The summed E-state index contributed by atoms with van der Waals surface area (Å²) >= 11 is 6.28. The van der Waals surface area contributed by atoms with Crippen LogP contribution in [0.5, 0.6) is 5.75 Å². The van der Waals surface area contributed by atoms with E-state index in [-0.39, 0.29) is 33.3 Å². The number of carbonyl (C=O) groups excluding carboxylic acids is 3. The predicted molar refractivity (Wildman–Crippen MR) is 196 cm³/mol. The number of Topliss-reactive ketones (excluding diaryl/α,β-unsaturated/α-hetero) is 2. The van der Waals surface area contributed by atoms with Crippen LogP contribution in [0, 0.1) is 11.8 Å². The Kier molecular flexibility index (Phi) is 9.44. The fraction of sp³-hybridized carbons (Fsp3) is 0.250. The first kappa shape index (κ1) is 38.1. The standard InChI is InChI=1S/C22H23ClN2O8.C14H12N4O2S/c1-21(32)7-6-8-15(25(2)3)17(28)13(20(24)31)19(30)22(8,33)18(29)11(7)16(27)12-10(26)5-4-9(23)14(12)21;15-10-5-7-11(8-6-10)21(19,20)18-14-9-16-12-3-1-2-4-13(12)17-14/h4-5,7-8,15,26-27,30,32-33H,6H2,1-3H3,(H2,24,31);1-9H,15H2,(H,17,18)/t7-,8-,15-,21-,22-;/m0./s1. The molecule has 1 heterocycles. The van der Waals surface area contributed by atoms with Crippen molar-refractivity contribution < 1.29 is 48.3 Å². The highest BCUT2D eigenvalue weighted by atomic mass is 35.5. The van der Waals surface area contributed by atoms with E-state index < -0.39 is 85.0 Å². The van der Waals surface area contributed by atoms with Gasteiger partial charge in [0.1, 0.15) is 22.8 Å². The van der Waals surface area contributed by atoms with Crippen molar-refractivity contribution in [1.29, 1.82) is 0 Å². The fourth-order valence-electron chi connectivity index (χ4n) is 7.43. The molecular formula is C36H35ClN6O10S. The van der Waals surface area contributed by atoms with Gasteiger partial charge in [0.2, 0.25) is 5.78 Å². The van der Waals surface area contributed by atoms with E-state index in [1.807, 2.05) is 12.1 Å². The molecule has 0 radical (unpaired) electrons. The quantitative estimate of drug-likeness (QED) is 0.107. The number of likely N-dealkylation sites (N-methyl/N-ethyl adjacent to an activating group) is 1. The van der Waals surface area contributed by atoms with Gasteiger partial charge < -0.3 is 37.0 Å². The normalized spacial score (nSPS) is 25.1. The van der Waals surface area contributed by atoms with Crippen LogP contribution in [0.25, 0.3) is 16.8 Å². The Morgan fingerprint density at radius 2 is 1.63 bits per heavy atom. The summed E-state index contributed by atoms with van der Waals surface area (Å²) in [4.78, 5) is 48.6. The van der Waals surface area contributed by atoms with Crippen molar-refractivity contribution >= 4 is 67.4 Å². The van der Waals surface area contributed by atoms with Crippen LogP contribution >= 0.6 is 11.6 Å². The highest BCUT2D eigenvalue weighted by molar-refractivity contribution is 7.92. The molecule has 0 bridgehead atoms. The molecule has 18 heteroatoms. The second-order valence-electron chi connectivity index (χ2n) is 13.5. The third-order valence-corrected chi connectivity index (χ3v) is 11.6. The minimum atomic E-state index is -3.71. The lowest BCUT2D eigenvalue weighted by atomic mass is 9.54. The molecule has 4 aromatic rings. The summed E-state index contributed by atoms with van der Waals surface area (Å²) in [5.41, 5.74) is 6.26. The highest BCUT2D eigenvalue weighted by Crippen LogP contribution is 2.58. The van der Waals surface area contributed by atoms with Crippen LogP contribution in [0.15, 0.2) is 88.7 Å². The van der Waals surface area contributed by atoms with Gasteiger partial charge in [0, 0.05) is 33.7 Å². The number of aromatic nitrogens is 2. The number of hydrogen-bond acceptors (Lipinski definition) is 14. The molecule has 1 aromatic heterocycles. The number of nitrogens with one attached hydrogen (secondary N) is 1. The van der Waals surface area contributed by atoms with Crippen molar-refractivity contribution in [3.63, 3.8) is 0 Å². The summed E-state index contributed by atoms with van der Waals surface area (Å²) in [5, 5.41) is 55.2. The number of halogens is 1. The lowest BCUT2D eigenvalue weighted by Crippen LogP contribution is -2.67. The smallest absolute Gasteiger partial charge is 0.263 e. The molecule has 3 aromatic carbocycles. The van der Waals surface area contributed by atoms with E-state index >= 15 is 0 Å². The number of phenolic OH excluding ortho intramolecular Hbond substituents is 1. The zero-order valence-corrected chi connectivity index (χ0v) is 30.4. The number of ketones is 2. The molecule has 0 unspecified atom stereocenters. The van der Waals surface area contributed by atoms with Crippen LogP contribution in [0.3, 0.4) is 0 Å². The molecule has 1 amide bonds. The summed E-state index contributed by atoms with van der Waals surface area (Å²) in [7, 11) is -0.734. The molecular weight excluding hydrogens is 744 g/mol. The second-order valence-corrected chi connectivity index (χ2v) is 15.6. The third kappa shape index (κ3) is 5.99. The molecule has 10 N–H and O–H groups in total.